The Kier molecular flexibility index (Phi) is 9.86. The highest BCUT2D eigenvalue weighted by Gasteiger charge is 2.19. The molecule has 13 heteroatoms. The average Bonchev–Trinajstić information content (AvgIpc) is 3.15. The molecule has 2 rings (SSSR count). The number of nitrogens with one attached hydrogen (secondary N) is 2. The summed E-state index contributed by atoms with van der Waals surface area (Å²) in [7, 11) is -1.86. The summed E-state index contributed by atoms with van der Waals surface area (Å²) in [5.41, 5.74) is 1.69. The van der Waals surface area contributed by atoms with Gasteiger partial charge >= 0.3 is 0 Å². The Bertz CT molecular complexity index is 1360. The first kappa shape index (κ1) is 27.4. The zero-order valence-corrected chi connectivity index (χ0v) is 21.2. The van der Waals surface area contributed by atoms with Gasteiger partial charge in [-0.05, 0) is 25.8 Å². The van der Waals surface area contributed by atoms with Crippen LogP contribution in [0.2, 0.25) is 0 Å². The summed E-state index contributed by atoms with van der Waals surface area (Å²) in [4.78, 5) is 4.82. The first-order chi connectivity index (χ1) is 16.7. The summed E-state index contributed by atoms with van der Waals surface area (Å²) in [6, 6.07) is 6.18. The molecule has 182 valence electrons. The minimum absolute atomic E-state index is 0.0124. The number of rotatable bonds is 12. The summed E-state index contributed by atoms with van der Waals surface area (Å²) >= 11 is 1.03. The standard InChI is InChI=1S/C22H24N8O3S2/c1-5-35(31,32)10-8-27-21-19(29-30-22-17(12-24)14(2)18(13-25)34-22)15(3)16(11-23)20(28-21)26-7-6-9-33-4/h5H,1,6-10H2,2-4H3,(H2,26,27,28). The molecule has 0 aromatic carbocycles. The SMILES string of the molecule is C=CS(=O)(=O)CCNc1nc(NCCCOC)c(C#N)c(C)c1N=Nc1sc(C#N)c(C)c1C#N. The lowest BCUT2D eigenvalue weighted by Crippen LogP contribution is -2.16. The normalized spacial score (nSPS) is 11.0. The Balaban J connectivity index is 2.54. The monoisotopic (exact) mass is 512 g/mol. The van der Waals surface area contributed by atoms with Gasteiger partial charge in [0.05, 0.1) is 16.9 Å². The highest BCUT2D eigenvalue weighted by molar-refractivity contribution is 7.94. The summed E-state index contributed by atoms with van der Waals surface area (Å²) in [6.07, 6.45) is 0.680. The van der Waals surface area contributed by atoms with E-state index in [2.05, 4.69) is 38.5 Å². The molecule has 2 heterocycles. The molecule has 35 heavy (non-hydrogen) atoms. The number of pyridine rings is 1. The molecule has 0 aliphatic heterocycles. The van der Waals surface area contributed by atoms with Gasteiger partial charge in [0.2, 0.25) is 0 Å². The molecule has 0 unspecified atom stereocenters. The van der Waals surface area contributed by atoms with Gasteiger partial charge in [-0.3, -0.25) is 0 Å². The maximum absolute atomic E-state index is 11.8. The second kappa shape index (κ2) is 12.6. The van der Waals surface area contributed by atoms with E-state index >= 15 is 0 Å². The van der Waals surface area contributed by atoms with Gasteiger partial charge in [-0.1, -0.05) is 6.58 Å². The van der Waals surface area contributed by atoms with Gasteiger partial charge in [-0.25, -0.2) is 13.4 Å². The van der Waals surface area contributed by atoms with Crippen molar-refractivity contribution in [3.05, 3.63) is 39.1 Å². The van der Waals surface area contributed by atoms with Crippen molar-refractivity contribution in [3.63, 3.8) is 0 Å². The molecule has 0 saturated heterocycles. The Hall–Kier alpha value is -3.83. The summed E-state index contributed by atoms with van der Waals surface area (Å²) in [5, 5.41) is 44.1. The quantitative estimate of drug-likeness (QED) is 0.311. The van der Waals surface area contributed by atoms with Crippen LogP contribution in [-0.4, -0.2) is 46.0 Å². The Labute approximate surface area is 208 Å². The maximum Gasteiger partial charge on any atom is 0.172 e. The fourth-order valence-electron chi connectivity index (χ4n) is 2.93. The third-order valence-corrected chi connectivity index (χ3v) is 7.22. The fourth-order valence-corrected chi connectivity index (χ4v) is 4.36. The zero-order chi connectivity index (χ0) is 26.0. The molecule has 0 atom stereocenters. The van der Waals surface area contributed by atoms with E-state index < -0.39 is 9.84 Å². The van der Waals surface area contributed by atoms with Crippen LogP contribution in [0.1, 0.15) is 33.6 Å². The molecule has 2 N–H and O–H groups in total. The number of nitrogens with zero attached hydrogens (tertiary/aromatic N) is 6. The van der Waals surface area contributed by atoms with E-state index in [0.29, 0.717) is 41.4 Å². The van der Waals surface area contributed by atoms with Gasteiger partial charge in [0.25, 0.3) is 0 Å². The maximum atomic E-state index is 11.8. The van der Waals surface area contributed by atoms with E-state index in [0.717, 1.165) is 16.7 Å². The number of azo groups is 1. The predicted octanol–water partition coefficient (Wildman–Crippen LogP) is 4.21. The van der Waals surface area contributed by atoms with E-state index in [4.69, 9.17) is 4.74 Å². The smallest absolute Gasteiger partial charge is 0.172 e. The number of aromatic nitrogens is 1. The molecule has 0 spiro atoms. The second-order valence-electron chi connectivity index (χ2n) is 7.16. The highest BCUT2D eigenvalue weighted by atomic mass is 32.2. The lowest BCUT2D eigenvalue weighted by Gasteiger charge is -2.15. The van der Waals surface area contributed by atoms with Gasteiger partial charge in [0, 0.05) is 37.8 Å². The van der Waals surface area contributed by atoms with Crippen molar-refractivity contribution >= 4 is 43.5 Å². The number of ether oxygens (including phenoxy) is 1. The third-order valence-electron chi connectivity index (χ3n) is 4.86. The lowest BCUT2D eigenvalue weighted by molar-refractivity contribution is 0.198. The van der Waals surface area contributed by atoms with Gasteiger partial charge < -0.3 is 15.4 Å². The second-order valence-corrected chi connectivity index (χ2v) is 10.2. The molecule has 2 aromatic rings. The topological polar surface area (TPSA) is 176 Å². The minimum Gasteiger partial charge on any atom is -0.385 e. The molecule has 2 aromatic heterocycles. The van der Waals surface area contributed by atoms with Crippen LogP contribution >= 0.6 is 11.3 Å². The summed E-state index contributed by atoms with van der Waals surface area (Å²) in [6.45, 7) is 7.67. The first-order valence-electron chi connectivity index (χ1n) is 10.3. The number of hydrogen-bond acceptors (Lipinski definition) is 12. The molecule has 0 bridgehead atoms. The van der Waals surface area contributed by atoms with Crippen LogP contribution in [0.4, 0.5) is 22.3 Å². The number of methoxy groups -OCH3 is 1. The van der Waals surface area contributed by atoms with E-state index in [-0.39, 0.29) is 39.9 Å². The van der Waals surface area contributed by atoms with Crippen LogP contribution in [0.3, 0.4) is 0 Å². The molecule has 0 fully saturated rings. The fraction of sp³-hybridized carbons (Fsp3) is 0.364. The Morgan fingerprint density at radius 2 is 1.74 bits per heavy atom. The summed E-state index contributed by atoms with van der Waals surface area (Å²) in [5.74, 6) is 0.301. The van der Waals surface area contributed by atoms with Crippen LogP contribution in [0, 0.1) is 47.8 Å². The number of hydrogen-bond donors (Lipinski definition) is 2. The Morgan fingerprint density at radius 3 is 2.34 bits per heavy atom. The van der Waals surface area contributed by atoms with Gasteiger partial charge in [-0.15, -0.1) is 21.6 Å². The van der Waals surface area contributed by atoms with E-state index in [1.807, 2.05) is 12.1 Å². The number of sulfone groups is 1. The molecular weight excluding hydrogens is 488 g/mol. The molecule has 0 saturated carbocycles. The number of nitriles is 3. The molecule has 0 aliphatic rings. The average molecular weight is 513 g/mol. The third kappa shape index (κ3) is 6.84. The molecule has 0 aliphatic carbocycles. The van der Waals surface area contributed by atoms with Crippen molar-refractivity contribution < 1.29 is 13.2 Å². The van der Waals surface area contributed by atoms with Crippen LogP contribution < -0.4 is 10.6 Å². The van der Waals surface area contributed by atoms with Crippen LogP contribution in [0.25, 0.3) is 0 Å². The van der Waals surface area contributed by atoms with Crippen molar-refractivity contribution in [1.82, 2.24) is 4.98 Å². The Morgan fingerprint density at radius 1 is 1.06 bits per heavy atom. The van der Waals surface area contributed by atoms with Gasteiger partial charge in [-0.2, -0.15) is 15.8 Å². The largest absolute Gasteiger partial charge is 0.385 e. The summed E-state index contributed by atoms with van der Waals surface area (Å²) < 4.78 is 28.7. The van der Waals surface area contributed by atoms with Crippen molar-refractivity contribution in [3.8, 4) is 18.2 Å². The number of anilines is 2. The van der Waals surface area contributed by atoms with Crippen LogP contribution in [0.15, 0.2) is 22.2 Å². The predicted molar refractivity (Wildman–Crippen MR) is 134 cm³/mol. The number of thiophene rings is 1. The lowest BCUT2D eigenvalue weighted by atomic mass is 10.1. The van der Waals surface area contributed by atoms with E-state index in [1.54, 1.807) is 21.0 Å². The van der Waals surface area contributed by atoms with Crippen molar-refractivity contribution in [1.29, 1.82) is 15.8 Å². The van der Waals surface area contributed by atoms with Crippen LogP contribution in [0.5, 0.6) is 0 Å². The first-order valence-corrected chi connectivity index (χ1v) is 12.9. The van der Waals surface area contributed by atoms with Crippen molar-refractivity contribution in [2.75, 3.05) is 43.2 Å². The molecule has 0 amide bonds. The van der Waals surface area contributed by atoms with E-state index in [1.165, 1.54) is 0 Å². The molecule has 11 nitrogen and oxygen atoms in total. The highest BCUT2D eigenvalue weighted by Crippen LogP contribution is 2.38. The van der Waals surface area contributed by atoms with Crippen LogP contribution in [-0.2, 0) is 14.6 Å². The zero-order valence-electron chi connectivity index (χ0n) is 19.5. The van der Waals surface area contributed by atoms with Crippen molar-refractivity contribution in [2.45, 2.75) is 20.3 Å². The molecule has 0 radical (unpaired) electrons. The van der Waals surface area contributed by atoms with E-state index in [9.17, 15) is 24.2 Å². The van der Waals surface area contributed by atoms with Gasteiger partial charge in [0.1, 0.15) is 34.6 Å². The van der Waals surface area contributed by atoms with Crippen molar-refractivity contribution in [2.24, 2.45) is 10.2 Å². The molecular formula is C22H24N8O3S2. The minimum atomic E-state index is -3.45. The van der Waals surface area contributed by atoms with Gasteiger partial charge in [0.15, 0.2) is 20.7 Å².